The van der Waals surface area contributed by atoms with Gasteiger partial charge < -0.3 is 4.74 Å². The molecule has 0 heterocycles. The predicted octanol–water partition coefficient (Wildman–Crippen LogP) is 4.51. The standard InChI is InChI=1S/C15H22Cl2O/c1-2-9-18-10-8-15(12-16,13-17)11-14-6-4-3-5-7-14/h3-7H,2,8-13H2,1H3. The minimum absolute atomic E-state index is 0.0573. The van der Waals surface area contributed by atoms with Gasteiger partial charge in [0, 0.05) is 30.4 Å². The fourth-order valence-electron chi connectivity index (χ4n) is 1.92. The molecule has 0 fully saturated rings. The van der Waals surface area contributed by atoms with Crippen molar-refractivity contribution in [2.45, 2.75) is 26.2 Å². The van der Waals surface area contributed by atoms with Crippen LogP contribution in [0.4, 0.5) is 0 Å². The van der Waals surface area contributed by atoms with Gasteiger partial charge in [-0.05, 0) is 24.8 Å². The van der Waals surface area contributed by atoms with Crippen LogP contribution in [-0.4, -0.2) is 25.0 Å². The summed E-state index contributed by atoms with van der Waals surface area (Å²) in [5, 5.41) is 0. The molecule has 0 aliphatic rings. The molecule has 102 valence electrons. The summed E-state index contributed by atoms with van der Waals surface area (Å²) in [6.45, 7) is 3.66. The van der Waals surface area contributed by atoms with Crippen LogP contribution in [0.25, 0.3) is 0 Å². The average Bonchev–Trinajstić information content (AvgIpc) is 2.43. The molecule has 1 nitrogen and oxygen atoms in total. The third kappa shape index (κ3) is 5.17. The van der Waals surface area contributed by atoms with Gasteiger partial charge in [-0.1, -0.05) is 37.3 Å². The monoisotopic (exact) mass is 288 g/mol. The number of halogens is 2. The number of benzene rings is 1. The summed E-state index contributed by atoms with van der Waals surface area (Å²) >= 11 is 12.3. The molecule has 0 radical (unpaired) electrons. The second-order valence-corrected chi connectivity index (χ2v) is 5.33. The maximum Gasteiger partial charge on any atom is 0.0472 e. The van der Waals surface area contributed by atoms with Crippen LogP contribution < -0.4 is 0 Å². The Bertz CT molecular complexity index is 310. The third-order valence-corrected chi connectivity index (χ3v) is 4.25. The fraction of sp³-hybridized carbons (Fsp3) is 0.600. The van der Waals surface area contributed by atoms with E-state index in [-0.39, 0.29) is 5.41 Å². The lowest BCUT2D eigenvalue weighted by molar-refractivity contribution is 0.106. The molecule has 0 unspecified atom stereocenters. The van der Waals surface area contributed by atoms with E-state index in [9.17, 15) is 0 Å². The van der Waals surface area contributed by atoms with E-state index in [2.05, 4.69) is 31.2 Å². The number of rotatable bonds is 9. The zero-order chi connectivity index (χ0) is 13.3. The first-order chi connectivity index (χ1) is 8.76. The quantitative estimate of drug-likeness (QED) is 0.480. The second-order valence-electron chi connectivity index (χ2n) is 4.79. The molecule has 1 rings (SSSR count). The van der Waals surface area contributed by atoms with Crippen molar-refractivity contribution < 1.29 is 4.74 Å². The van der Waals surface area contributed by atoms with E-state index in [1.54, 1.807) is 0 Å². The van der Waals surface area contributed by atoms with E-state index >= 15 is 0 Å². The Morgan fingerprint density at radius 2 is 1.72 bits per heavy atom. The molecule has 3 heteroatoms. The topological polar surface area (TPSA) is 9.23 Å². The maximum absolute atomic E-state index is 6.15. The Balaban J connectivity index is 2.56. The Morgan fingerprint density at radius 3 is 2.28 bits per heavy atom. The van der Waals surface area contributed by atoms with E-state index < -0.39 is 0 Å². The summed E-state index contributed by atoms with van der Waals surface area (Å²) in [4.78, 5) is 0. The van der Waals surface area contributed by atoms with Crippen LogP contribution in [0.5, 0.6) is 0 Å². The van der Waals surface area contributed by atoms with Crippen molar-refractivity contribution in [3.63, 3.8) is 0 Å². The van der Waals surface area contributed by atoms with Crippen LogP contribution in [0.2, 0.25) is 0 Å². The molecule has 0 aromatic heterocycles. The molecular formula is C15H22Cl2O. The molecule has 0 atom stereocenters. The minimum Gasteiger partial charge on any atom is -0.381 e. The van der Waals surface area contributed by atoms with Crippen molar-refractivity contribution >= 4 is 23.2 Å². The number of hydrogen-bond acceptors (Lipinski definition) is 1. The molecule has 0 aliphatic heterocycles. The normalized spacial score (nSPS) is 11.7. The molecule has 0 amide bonds. The Hall–Kier alpha value is -0.240. The first-order valence-electron chi connectivity index (χ1n) is 6.50. The molecule has 0 spiro atoms. The smallest absolute Gasteiger partial charge is 0.0472 e. The molecule has 0 N–H and O–H groups in total. The Labute approximate surface area is 120 Å². The summed E-state index contributed by atoms with van der Waals surface area (Å²) < 4.78 is 5.56. The Morgan fingerprint density at radius 1 is 1.06 bits per heavy atom. The zero-order valence-electron chi connectivity index (χ0n) is 11.0. The largest absolute Gasteiger partial charge is 0.381 e. The van der Waals surface area contributed by atoms with Gasteiger partial charge in [0.05, 0.1) is 0 Å². The summed E-state index contributed by atoms with van der Waals surface area (Å²) in [5.41, 5.74) is 1.23. The van der Waals surface area contributed by atoms with Crippen LogP contribution >= 0.6 is 23.2 Å². The lowest BCUT2D eigenvalue weighted by Gasteiger charge is -2.29. The van der Waals surface area contributed by atoms with Crippen LogP contribution in [0.3, 0.4) is 0 Å². The van der Waals surface area contributed by atoms with E-state index in [0.717, 1.165) is 32.5 Å². The molecule has 0 saturated heterocycles. The van der Waals surface area contributed by atoms with Gasteiger partial charge in [0.15, 0.2) is 0 Å². The Kier molecular flexibility index (Phi) is 7.73. The summed E-state index contributed by atoms with van der Waals surface area (Å²) in [7, 11) is 0. The maximum atomic E-state index is 6.15. The first-order valence-corrected chi connectivity index (χ1v) is 7.57. The van der Waals surface area contributed by atoms with Crippen molar-refractivity contribution in [3.8, 4) is 0 Å². The number of hydrogen-bond donors (Lipinski definition) is 0. The zero-order valence-corrected chi connectivity index (χ0v) is 12.5. The van der Waals surface area contributed by atoms with Gasteiger partial charge >= 0.3 is 0 Å². The highest BCUT2D eigenvalue weighted by Gasteiger charge is 2.28. The summed E-state index contributed by atoms with van der Waals surface area (Å²) in [5.74, 6) is 1.14. The average molecular weight is 289 g/mol. The molecule has 0 saturated carbocycles. The molecule has 1 aromatic rings. The lowest BCUT2D eigenvalue weighted by Crippen LogP contribution is -2.30. The van der Waals surface area contributed by atoms with E-state index in [1.165, 1.54) is 5.56 Å². The third-order valence-electron chi connectivity index (χ3n) is 3.11. The van der Waals surface area contributed by atoms with Gasteiger partial charge in [0.2, 0.25) is 0 Å². The van der Waals surface area contributed by atoms with E-state index in [0.29, 0.717) is 11.8 Å². The van der Waals surface area contributed by atoms with E-state index in [4.69, 9.17) is 27.9 Å². The summed E-state index contributed by atoms with van der Waals surface area (Å²) in [6, 6.07) is 10.4. The van der Waals surface area contributed by atoms with E-state index in [1.807, 2.05) is 6.07 Å². The van der Waals surface area contributed by atoms with Gasteiger partial charge in [-0.25, -0.2) is 0 Å². The van der Waals surface area contributed by atoms with Gasteiger partial charge in [-0.3, -0.25) is 0 Å². The first kappa shape index (κ1) is 15.8. The molecule has 0 aliphatic carbocycles. The van der Waals surface area contributed by atoms with Crippen molar-refractivity contribution in [1.29, 1.82) is 0 Å². The number of alkyl halides is 2. The van der Waals surface area contributed by atoms with Crippen molar-refractivity contribution in [3.05, 3.63) is 35.9 Å². The highest BCUT2D eigenvalue weighted by atomic mass is 35.5. The van der Waals surface area contributed by atoms with Gasteiger partial charge in [0.25, 0.3) is 0 Å². The van der Waals surface area contributed by atoms with Crippen LogP contribution in [0.1, 0.15) is 25.3 Å². The summed E-state index contributed by atoms with van der Waals surface area (Å²) in [6.07, 6.45) is 2.87. The molecular weight excluding hydrogens is 267 g/mol. The van der Waals surface area contributed by atoms with Gasteiger partial charge in [0.1, 0.15) is 0 Å². The number of ether oxygens (including phenoxy) is 1. The molecule has 0 bridgehead atoms. The van der Waals surface area contributed by atoms with Crippen LogP contribution in [0.15, 0.2) is 30.3 Å². The van der Waals surface area contributed by atoms with Crippen LogP contribution in [-0.2, 0) is 11.2 Å². The van der Waals surface area contributed by atoms with Crippen molar-refractivity contribution in [2.75, 3.05) is 25.0 Å². The van der Waals surface area contributed by atoms with Gasteiger partial charge in [-0.15, -0.1) is 23.2 Å². The highest BCUT2D eigenvalue weighted by Crippen LogP contribution is 2.30. The fourth-order valence-corrected chi connectivity index (χ4v) is 2.66. The molecule has 1 aromatic carbocycles. The highest BCUT2D eigenvalue weighted by molar-refractivity contribution is 6.21. The van der Waals surface area contributed by atoms with Crippen molar-refractivity contribution in [1.82, 2.24) is 0 Å². The molecule has 18 heavy (non-hydrogen) atoms. The SMILES string of the molecule is CCCOCCC(CCl)(CCl)Cc1ccccc1. The second kappa shape index (κ2) is 8.79. The van der Waals surface area contributed by atoms with Gasteiger partial charge in [-0.2, -0.15) is 0 Å². The van der Waals surface area contributed by atoms with Crippen LogP contribution in [0, 0.1) is 5.41 Å². The lowest BCUT2D eigenvalue weighted by atomic mass is 9.82. The predicted molar refractivity (Wildman–Crippen MR) is 79.7 cm³/mol. The minimum atomic E-state index is -0.0573. The van der Waals surface area contributed by atoms with Crippen molar-refractivity contribution in [2.24, 2.45) is 5.41 Å².